The molecule has 180 valence electrons. The van der Waals surface area contributed by atoms with Crippen LogP contribution < -0.4 is 5.32 Å². The number of anilines is 1. The van der Waals surface area contributed by atoms with Gasteiger partial charge in [0, 0.05) is 36.9 Å². The summed E-state index contributed by atoms with van der Waals surface area (Å²) in [6.45, 7) is 2.47. The van der Waals surface area contributed by atoms with E-state index in [2.05, 4.69) is 30.2 Å². The summed E-state index contributed by atoms with van der Waals surface area (Å²) in [6.07, 6.45) is 4.33. The molecule has 0 bridgehead atoms. The highest BCUT2D eigenvalue weighted by Crippen LogP contribution is 2.27. The summed E-state index contributed by atoms with van der Waals surface area (Å²) in [6, 6.07) is 9.07. The quantitative estimate of drug-likeness (QED) is 0.424. The number of rotatable bonds is 6. The maximum absolute atomic E-state index is 14.5. The molecule has 2 aromatic carbocycles. The first kappa shape index (κ1) is 22.8. The molecule has 0 radical (unpaired) electrons. The van der Waals surface area contributed by atoms with E-state index in [4.69, 9.17) is 4.52 Å². The Morgan fingerprint density at radius 1 is 1.06 bits per heavy atom. The number of aryl methyl sites for hydroxylation is 3. The first-order valence-corrected chi connectivity index (χ1v) is 11.6. The Hall–Kier alpha value is -3.95. The number of aromatic nitrogens is 5. The molecule has 1 N–H and O–H groups in total. The third-order valence-electron chi connectivity index (χ3n) is 6.06. The van der Waals surface area contributed by atoms with E-state index in [0.29, 0.717) is 28.3 Å². The lowest BCUT2D eigenvalue weighted by Crippen LogP contribution is -2.14. The number of hydrogen-bond donors (Lipinski definition) is 1. The molecule has 35 heavy (non-hydrogen) atoms. The van der Waals surface area contributed by atoms with Crippen LogP contribution in [0.5, 0.6) is 0 Å². The van der Waals surface area contributed by atoms with E-state index in [9.17, 15) is 13.6 Å². The average molecular weight is 479 g/mol. The molecule has 10 heteroatoms. The van der Waals surface area contributed by atoms with E-state index in [1.807, 2.05) is 0 Å². The second-order valence-corrected chi connectivity index (χ2v) is 8.62. The Morgan fingerprint density at radius 2 is 1.89 bits per heavy atom. The zero-order valence-corrected chi connectivity index (χ0v) is 19.2. The van der Waals surface area contributed by atoms with Gasteiger partial charge in [-0.25, -0.2) is 8.78 Å². The third kappa shape index (κ3) is 4.96. The van der Waals surface area contributed by atoms with Gasteiger partial charge in [-0.05, 0) is 61.7 Å². The molecular formula is C25H24F2N6O2. The van der Waals surface area contributed by atoms with Crippen LogP contribution in [0.25, 0.3) is 22.8 Å². The first-order chi connectivity index (χ1) is 17.0. The zero-order valence-electron chi connectivity index (χ0n) is 19.2. The Labute approximate surface area is 200 Å². The van der Waals surface area contributed by atoms with Crippen LogP contribution in [0.4, 0.5) is 14.5 Å². The average Bonchev–Trinajstić information content (AvgIpc) is 3.42. The molecule has 0 saturated carbocycles. The summed E-state index contributed by atoms with van der Waals surface area (Å²) in [4.78, 5) is 16.8. The number of amides is 1. The van der Waals surface area contributed by atoms with E-state index in [0.717, 1.165) is 38.1 Å². The molecular weight excluding hydrogens is 454 g/mol. The maximum atomic E-state index is 14.5. The third-order valence-corrected chi connectivity index (χ3v) is 6.06. The van der Waals surface area contributed by atoms with Crippen molar-refractivity contribution < 1.29 is 18.1 Å². The highest BCUT2D eigenvalue weighted by Gasteiger charge is 2.18. The van der Waals surface area contributed by atoms with Crippen molar-refractivity contribution in [3.05, 3.63) is 65.3 Å². The Balaban J connectivity index is 1.25. The van der Waals surface area contributed by atoms with Crippen molar-refractivity contribution in [2.24, 2.45) is 0 Å². The Bertz CT molecular complexity index is 1380. The van der Waals surface area contributed by atoms with Crippen LogP contribution in [0.15, 0.2) is 40.9 Å². The van der Waals surface area contributed by atoms with Crippen molar-refractivity contribution in [1.29, 1.82) is 0 Å². The molecule has 0 fully saturated rings. The van der Waals surface area contributed by atoms with Crippen LogP contribution in [0.2, 0.25) is 0 Å². The largest absolute Gasteiger partial charge is 0.339 e. The van der Waals surface area contributed by atoms with Gasteiger partial charge in [-0.1, -0.05) is 11.6 Å². The van der Waals surface area contributed by atoms with Crippen molar-refractivity contribution in [3.63, 3.8) is 0 Å². The fourth-order valence-corrected chi connectivity index (χ4v) is 4.15. The van der Waals surface area contributed by atoms with E-state index >= 15 is 0 Å². The Morgan fingerprint density at radius 3 is 2.74 bits per heavy atom. The maximum Gasteiger partial charge on any atom is 0.227 e. The van der Waals surface area contributed by atoms with Gasteiger partial charge in [-0.2, -0.15) is 4.98 Å². The van der Waals surface area contributed by atoms with Gasteiger partial charge in [-0.3, -0.25) is 4.79 Å². The highest BCUT2D eigenvalue weighted by atomic mass is 19.1. The van der Waals surface area contributed by atoms with Crippen LogP contribution in [0.3, 0.4) is 0 Å². The molecule has 1 aliphatic heterocycles. The predicted molar refractivity (Wildman–Crippen MR) is 124 cm³/mol. The van der Waals surface area contributed by atoms with Gasteiger partial charge in [0.1, 0.15) is 17.5 Å². The monoisotopic (exact) mass is 478 g/mol. The topological polar surface area (TPSA) is 98.7 Å². The van der Waals surface area contributed by atoms with Crippen molar-refractivity contribution in [1.82, 2.24) is 24.9 Å². The van der Waals surface area contributed by atoms with Crippen LogP contribution in [-0.2, 0) is 24.2 Å². The van der Waals surface area contributed by atoms with E-state index in [1.54, 1.807) is 31.2 Å². The molecule has 8 nitrogen and oxygen atoms in total. The lowest BCUT2D eigenvalue weighted by Gasteiger charge is -2.10. The van der Waals surface area contributed by atoms with E-state index < -0.39 is 11.7 Å². The number of carbonyl (C=O) groups excluding carboxylic acids is 1. The summed E-state index contributed by atoms with van der Waals surface area (Å²) in [5, 5.41) is 15.1. The van der Waals surface area contributed by atoms with Gasteiger partial charge in [0.2, 0.25) is 17.6 Å². The number of halogens is 2. The van der Waals surface area contributed by atoms with E-state index in [-0.39, 0.29) is 30.2 Å². The van der Waals surface area contributed by atoms with Gasteiger partial charge in [0.25, 0.3) is 0 Å². The summed E-state index contributed by atoms with van der Waals surface area (Å²) < 4.78 is 35.2. The number of hydrogen-bond acceptors (Lipinski definition) is 6. The molecule has 5 rings (SSSR count). The molecule has 0 atom stereocenters. The minimum Gasteiger partial charge on any atom is -0.339 e. The Kier molecular flexibility index (Phi) is 6.35. The van der Waals surface area contributed by atoms with Crippen LogP contribution in [-0.4, -0.2) is 30.8 Å². The summed E-state index contributed by atoms with van der Waals surface area (Å²) in [5.41, 5.74) is 1.86. The first-order valence-electron chi connectivity index (χ1n) is 11.6. The minimum atomic E-state index is -0.538. The van der Waals surface area contributed by atoms with Gasteiger partial charge < -0.3 is 14.4 Å². The lowest BCUT2D eigenvalue weighted by atomic mass is 10.1. The number of nitrogens with one attached hydrogen (secondary N) is 1. The molecule has 1 aliphatic rings. The highest BCUT2D eigenvalue weighted by molar-refractivity contribution is 5.91. The van der Waals surface area contributed by atoms with Gasteiger partial charge in [-0.15, -0.1) is 10.2 Å². The van der Waals surface area contributed by atoms with Gasteiger partial charge in [0.05, 0.1) is 5.69 Å². The van der Waals surface area contributed by atoms with Gasteiger partial charge in [0.15, 0.2) is 5.82 Å². The van der Waals surface area contributed by atoms with Crippen molar-refractivity contribution in [3.8, 4) is 22.8 Å². The van der Waals surface area contributed by atoms with Crippen LogP contribution in [0, 0.1) is 18.6 Å². The van der Waals surface area contributed by atoms with Crippen molar-refractivity contribution >= 4 is 11.6 Å². The molecule has 0 saturated heterocycles. The summed E-state index contributed by atoms with van der Waals surface area (Å²) in [5.74, 6) is 0.939. The number of carbonyl (C=O) groups is 1. The number of benzene rings is 2. The SMILES string of the molecule is Cc1cc(-c2noc(CCC(=O)Nc3cc(-c4nnc5n4CCCCC5)ccc3F)n2)ccc1F. The standard InChI is InChI=1S/C25H24F2N6O2/c1-15-13-16(6-8-18(15)26)24-29-23(35-32-24)11-10-22(34)28-20-14-17(7-9-19(20)27)25-31-30-21-5-3-2-4-12-33(21)25/h6-9,13-14H,2-5,10-12H2,1H3,(H,28,34). The molecule has 1 amide bonds. The smallest absolute Gasteiger partial charge is 0.227 e. The number of fused-ring (bicyclic) bond motifs is 1. The molecule has 0 aliphatic carbocycles. The lowest BCUT2D eigenvalue weighted by molar-refractivity contribution is -0.116. The molecule has 0 spiro atoms. The fraction of sp³-hybridized carbons (Fsp3) is 0.320. The molecule has 4 aromatic rings. The van der Waals surface area contributed by atoms with Crippen LogP contribution in [0.1, 0.15) is 43.0 Å². The van der Waals surface area contributed by atoms with Crippen LogP contribution >= 0.6 is 0 Å². The minimum absolute atomic E-state index is 0.0219. The summed E-state index contributed by atoms with van der Waals surface area (Å²) >= 11 is 0. The van der Waals surface area contributed by atoms with E-state index in [1.165, 1.54) is 12.1 Å². The molecule has 0 unspecified atom stereocenters. The van der Waals surface area contributed by atoms with Crippen molar-refractivity contribution in [2.75, 3.05) is 5.32 Å². The normalized spacial score (nSPS) is 13.3. The summed E-state index contributed by atoms with van der Waals surface area (Å²) in [7, 11) is 0. The van der Waals surface area contributed by atoms with Gasteiger partial charge >= 0.3 is 0 Å². The molecule has 3 heterocycles. The molecule has 2 aromatic heterocycles. The van der Waals surface area contributed by atoms with Crippen molar-refractivity contribution in [2.45, 2.75) is 52.0 Å². The fourth-order valence-electron chi connectivity index (χ4n) is 4.15. The number of nitrogens with zero attached hydrogens (tertiary/aromatic N) is 5. The zero-order chi connectivity index (χ0) is 24.4. The second-order valence-electron chi connectivity index (χ2n) is 8.62. The predicted octanol–water partition coefficient (Wildman–Crippen LogP) is 4.88. The second kappa shape index (κ2) is 9.73.